The van der Waals surface area contributed by atoms with Crippen molar-refractivity contribution in [2.24, 2.45) is 5.18 Å². The molecule has 0 aliphatic carbocycles. The summed E-state index contributed by atoms with van der Waals surface area (Å²) in [6.07, 6.45) is 1.71. The van der Waals surface area contributed by atoms with Gasteiger partial charge in [0.25, 0.3) is 17.4 Å². The Kier molecular flexibility index (Phi) is 6.33. The van der Waals surface area contributed by atoms with E-state index in [-0.39, 0.29) is 42.7 Å². The molecular weight excluding hydrogens is 455 g/mol. The van der Waals surface area contributed by atoms with Gasteiger partial charge in [0.15, 0.2) is 5.69 Å². The van der Waals surface area contributed by atoms with E-state index in [1.165, 1.54) is 30.5 Å². The molecule has 3 aromatic rings. The maximum Gasteiger partial charge on any atom is 0.282 e. The zero-order valence-electron chi connectivity index (χ0n) is 17.8. The highest BCUT2D eigenvalue weighted by Gasteiger charge is 2.37. The lowest BCUT2D eigenvalue weighted by Gasteiger charge is -2.17. The van der Waals surface area contributed by atoms with Crippen LogP contribution in [0.5, 0.6) is 0 Å². The van der Waals surface area contributed by atoms with Crippen molar-refractivity contribution in [3.05, 3.63) is 68.2 Å². The van der Waals surface area contributed by atoms with Gasteiger partial charge in [-0.15, -0.1) is 4.91 Å². The molecular formula is C22H20F3N5O4. The summed E-state index contributed by atoms with van der Waals surface area (Å²) < 4.78 is 43.2. The number of amides is 1. The molecule has 9 nitrogen and oxygen atoms in total. The fourth-order valence-electron chi connectivity index (χ4n) is 3.90. The number of hydrogen-bond acceptors (Lipinski definition) is 7. The van der Waals surface area contributed by atoms with E-state index in [4.69, 9.17) is 5.11 Å². The normalized spacial score (nSPS) is 14.4. The minimum Gasteiger partial charge on any atom is -0.396 e. The average Bonchev–Trinajstić information content (AvgIpc) is 2.95. The van der Waals surface area contributed by atoms with Gasteiger partial charge in [-0.3, -0.25) is 19.1 Å². The zero-order valence-corrected chi connectivity index (χ0v) is 17.8. The van der Waals surface area contributed by atoms with Crippen LogP contribution in [0.1, 0.15) is 27.9 Å². The summed E-state index contributed by atoms with van der Waals surface area (Å²) in [6, 6.07) is 5.58. The number of aromatic nitrogens is 2. The van der Waals surface area contributed by atoms with Crippen LogP contribution in [0.3, 0.4) is 0 Å². The average molecular weight is 475 g/mol. The summed E-state index contributed by atoms with van der Waals surface area (Å²) in [4.78, 5) is 41.8. The number of carbonyl (C=O) groups is 1. The molecule has 12 heteroatoms. The molecule has 1 aliphatic heterocycles. The summed E-state index contributed by atoms with van der Waals surface area (Å²) in [5.41, 5.74) is -1.34. The molecule has 1 aliphatic rings. The number of carbonyl (C=O) groups excluding carboxylic acids is 1. The molecule has 0 unspecified atom stereocenters. The van der Waals surface area contributed by atoms with Crippen LogP contribution in [-0.4, -0.2) is 46.2 Å². The van der Waals surface area contributed by atoms with Crippen molar-refractivity contribution < 1.29 is 23.1 Å². The maximum absolute atomic E-state index is 14.6. The van der Waals surface area contributed by atoms with Crippen molar-refractivity contribution in [3.63, 3.8) is 0 Å². The van der Waals surface area contributed by atoms with E-state index in [0.717, 1.165) is 4.57 Å². The van der Waals surface area contributed by atoms with Gasteiger partial charge in [-0.1, -0.05) is 12.1 Å². The van der Waals surface area contributed by atoms with Crippen LogP contribution >= 0.6 is 0 Å². The van der Waals surface area contributed by atoms with Gasteiger partial charge in [0.2, 0.25) is 0 Å². The third-order valence-electron chi connectivity index (χ3n) is 5.48. The summed E-state index contributed by atoms with van der Waals surface area (Å²) >= 11 is 0. The largest absolute Gasteiger partial charge is 0.396 e. The monoisotopic (exact) mass is 475 g/mol. The molecule has 2 aromatic heterocycles. The van der Waals surface area contributed by atoms with Gasteiger partial charge in [-0.05, 0) is 29.3 Å². The second kappa shape index (κ2) is 9.21. The Morgan fingerprint density at radius 3 is 2.71 bits per heavy atom. The number of aliphatic hydroxyl groups excluding tert-OH is 1. The van der Waals surface area contributed by atoms with Crippen LogP contribution < -0.4 is 16.2 Å². The van der Waals surface area contributed by atoms with Gasteiger partial charge in [0.05, 0.1) is 24.3 Å². The van der Waals surface area contributed by atoms with Crippen molar-refractivity contribution in [3.8, 4) is 0 Å². The Labute approximate surface area is 190 Å². The number of rotatable bonds is 7. The molecule has 0 bridgehead atoms. The number of hydrogen-bond donors (Lipinski definition) is 3. The minimum atomic E-state index is -3.36. The second-order valence-corrected chi connectivity index (χ2v) is 7.91. The molecule has 34 heavy (non-hydrogen) atoms. The van der Waals surface area contributed by atoms with Gasteiger partial charge in [-0.25, -0.2) is 13.2 Å². The summed E-state index contributed by atoms with van der Waals surface area (Å²) in [5, 5.41) is 16.8. The first-order valence-electron chi connectivity index (χ1n) is 10.4. The molecule has 0 atom stereocenters. The second-order valence-electron chi connectivity index (χ2n) is 7.91. The van der Waals surface area contributed by atoms with Gasteiger partial charge in [0, 0.05) is 31.3 Å². The Morgan fingerprint density at radius 1 is 1.29 bits per heavy atom. The molecule has 0 spiro atoms. The summed E-state index contributed by atoms with van der Waals surface area (Å²) in [7, 11) is 0. The number of nitrogens with zero attached hydrogens (tertiary/aromatic N) is 3. The van der Waals surface area contributed by atoms with Gasteiger partial charge in [0.1, 0.15) is 16.9 Å². The van der Waals surface area contributed by atoms with Gasteiger partial charge in [-0.2, -0.15) is 0 Å². The fourth-order valence-corrected chi connectivity index (χ4v) is 3.90. The van der Waals surface area contributed by atoms with Crippen LogP contribution in [0.4, 0.5) is 24.5 Å². The quantitative estimate of drug-likeness (QED) is 0.356. The van der Waals surface area contributed by atoms with Crippen LogP contribution in [-0.2, 0) is 13.0 Å². The van der Waals surface area contributed by atoms with E-state index in [1.807, 2.05) is 0 Å². The highest BCUT2D eigenvalue weighted by atomic mass is 19.3. The first-order chi connectivity index (χ1) is 16.3. The SMILES string of the molecule is O=Nc1c(C(=O)NCCCO)c(=O)n2c3c(c(Cc4ccc(F)cc4)cnc13)NCC(F)(F)C2. The summed E-state index contributed by atoms with van der Waals surface area (Å²) in [6.45, 7) is -2.07. The van der Waals surface area contributed by atoms with E-state index in [1.54, 1.807) is 0 Å². The predicted molar refractivity (Wildman–Crippen MR) is 118 cm³/mol. The first-order valence-corrected chi connectivity index (χ1v) is 10.4. The topological polar surface area (TPSA) is 126 Å². The van der Waals surface area contributed by atoms with Crippen molar-refractivity contribution in [2.45, 2.75) is 25.3 Å². The standard InChI is InChI=1S/C22H20F3N5O4/c23-14-4-2-12(3-5-14)8-13-9-27-18-17(29-34)15(20(32)26-6-1-7-31)21(33)30-11-22(24,25)10-28-16(13)19(18)30/h2-5,9,28,31H,1,6-8,10-11H2,(H,26,32). The lowest BCUT2D eigenvalue weighted by Crippen LogP contribution is -2.38. The molecule has 3 N–H and O–H groups in total. The van der Waals surface area contributed by atoms with Crippen LogP contribution in [0.25, 0.3) is 11.0 Å². The smallest absolute Gasteiger partial charge is 0.282 e. The Balaban J connectivity index is 1.94. The number of aliphatic hydroxyl groups is 1. The Morgan fingerprint density at radius 2 is 2.03 bits per heavy atom. The van der Waals surface area contributed by atoms with Crippen LogP contribution in [0.15, 0.2) is 40.4 Å². The first kappa shape index (κ1) is 23.4. The van der Waals surface area contributed by atoms with E-state index in [9.17, 15) is 27.7 Å². The van der Waals surface area contributed by atoms with Gasteiger partial charge < -0.3 is 15.7 Å². The highest BCUT2D eigenvalue weighted by Crippen LogP contribution is 2.37. The molecule has 3 heterocycles. The fraction of sp³-hybridized carbons (Fsp3) is 0.318. The minimum absolute atomic E-state index is 0.00188. The summed E-state index contributed by atoms with van der Waals surface area (Å²) in [5.74, 6) is -4.77. The third kappa shape index (κ3) is 4.36. The molecule has 0 fully saturated rings. The number of anilines is 1. The Hall–Kier alpha value is -3.80. The van der Waals surface area contributed by atoms with Crippen LogP contribution in [0.2, 0.25) is 0 Å². The van der Waals surface area contributed by atoms with Crippen molar-refractivity contribution in [1.82, 2.24) is 14.9 Å². The molecule has 4 rings (SSSR count). The Bertz CT molecular complexity index is 1330. The van der Waals surface area contributed by atoms with E-state index in [0.29, 0.717) is 11.1 Å². The van der Waals surface area contributed by atoms with E-state index in [2.05, 4.69) is 20.8 Å². The molecule has 0 saturated heterocycles. The lowest BCUT2D eigenvalue weighted by atomic mass is 10.0. The lowest BCUT2D eigenvalue weighted by molar-refractivity contribution is -0.000898. The van der Waals surface area contributed by atoms with Gasteiger partial charge >= 0.3 is 0 Å². The molecule has 0 saturated carbocycles. The van der Waals surface area contributed by atoms with Crippen molar-refractivity contribution in [2.75, 3.05) is 25.0 Å². The number of benzene rings is 1. The number of alkyl halides is 2. The maximum atomic E-state index is 14.6. The molecule has 178 valence electrons. The molecule has 1 amide bonds. The van der Waals surface area contributed by atoms with E-state index >= 15 is 0 Å². The van der Waals surface area contributed by atoms with Crippen molar-refractivity contribution in [1.29, 1.82) is 0 Å². The number of nitroso groups, excluding NO2 is 1. The molecule has 0 radical (unpaired) electrons. The van der Waals surface area contributed by atoms with Crippen LogP contribution in [0, 0.1) is 10.7 Å². The van der Waals surface area contributed by atoms with Crippen molar-refractivity contribution >= 4 is 28.3 Å². The number of pyridine rings is 2. The third-order valence-corrected chi connectivity index (χ3v) is 5.48. The van der Waals surface area contributed by atoms with E-state index < -0.39 is 47.5 Å². The number of halogens is 3. The molecule has 1 aromatic carbocycles. The zero-order chi connectivity index (χ0) is 24.5. The predicted octanol–water partition coefficient (Wildman–Crippen LogP) is 2.70. The number of nitrogens with one attached hydrogen (secondary N) is 2. The highest BCUT2D eigenvalue weighted by molar-refractivity contribution is 6.07.